The molecule has 0 unspecified atom stereocenters. The molecule has 5 rings (SSSR count). The number of piperazine rings is 1. The second-order valence-corrected chi connectivity index (χ2v) is 9.92. The van der Waals surface area contributed by atoms with E-state index in [1.165, 1.54) is 0 Å². The summed E-state index contributed by atoms with van der Waals surface area (Å²) < 4.78 is 18.1. The predicted molar refractivity (Wildman–Crippen MR) is 142 cm³/mol. The molecule has 3 aromatic rings. The summed E-state index contributed by atoms with van der Waals surface area (Å²) in [6, 6.07) is 16.7. The molecule has 2 fully saturated rings. The van der Waals surface area contributed by atoms with Gasteiger partial charge in [-0.25, -0.2) is 5.01 Å². The maximum Gasteiger partial charge on any atom is 0.265 e. The molecule has 2 aromatic carbocycles. The largest absolute Gasteiger partial charge is 0.491 e. The lowest BCUT2D eigenvalue weighted by atomic mass is 10.1. The van der Waals surface area contributed by atoms with E-state index < -0.39 is 5.79 Å². The van der Waals surface area contributed by atoms with E-state index >= 15 is 0 Å². The van der Waals surface area contributed by atoms with Gasteiger partial charge in [-0.1, -0.05) is 29.3 Å². The quantitative estimate of drug-likeness (QED) is 0.470. The normalized spacial score (nSPS) is 22.1. The number of aromatic nitrogens is 1. The van der Waals surface area contributed by atoms with Gasteiger partial charge >= 0.3 is 0 Å². The van der Waals surface area contributed by atoms with E-state index in [1.54, 1.807) is 36.7 Å². The molecule has 10 heteroatoms. The maximum atomic E-state index is 12.4. The van der Waals surface area contributed by atoms with Crippen molar-refractivity contribution in [2.75, 3.05) is 44.3 Å². The van der Waals surface area contributed by atoms with Crippen molar-refractivity contribution in [2.45, 2.75) is 18.8 Å². The van der Waals surface area contributed by atoms with Crippen LogP contribution < -0.4 is 15.1 Å². The zero-order chi connectivity index (χ0) is 25.8. The van der Waals surface area contributed by atoms with Gasteiger partial charge in [0.15, 0.2) is 5.79 Å². The predicted octanol–water partition coefficient (Wildman–Crippen LogP) is 4.52. The van der Waals surface area contributed by atoms with E-state index in [4.69, 9.17) is 37.4 Å². The lowest BCUT2D eigenvalue weighted by Gasteiger charge is -2.36. The van der Waals surface area contributed by atoms with Crippen molar-refractivity contribution in [1.29, 1.82) is 0 Å². The van der Waals surface area contributed by atoms with Gasteiger partial charge < -0.3 is 19.1 Å². The Morgan fingerprint density at radius 1 is 1.08 bits per heavy atom. The Morgan fingerprint density at radius 2 is 1.81 bits per heavy atom. The summed E-state index contributed by atoms with van der Waals surface area (Å²) in [6.45, 7) is 5.66. The van der Waals surface area contributed by atoms with Crippen LogP contribution in [0.1, 0.15) is 22.8 Å². The fourth-order valence-electron chi connectivity index (χ4n) is 4.45. The molecular formula is C27H28Cl2N4O4. The minimum Gasteiger partial charge on any atom is -0.491 e. The average molecular weight is 543 g/mol. The molecule has 2 aliphatic heterocycles. The molecule has 1 amide bonds. The molecule has 194 valence electrons. The minimum atomic E-state index is -0.945. The number of pyridine rings is 1. The van der Waals surface area contributed by atoms with Gasteiger partial charge in [-0.2, -0.15) is 0 Å². The smallest absolute Gasteiger partial charge is 0.265 e. The Balaban J connectivity index is 1.08. The van der Waals surface area contributed by atoms with Crippen LogP contribution in [0, 0.1) is 0 Å². The second-order valence-electron chi connectivity index (χ2n) is 9.08. The van der Waals surface area contributed by atoms with E-state index in [0.29, 0.717) is 28.8 Å². The Hall–Kier alpha value is -2.88. The number of amides is 1. The summed E-state index contributed by atoms with van der Waals surface area (Å²) in [6.07, 6.45) is 3.00. The maximum absolute atomic E-state index is 12.4. The van der Waals surface area contributed by atoms with Crippen LogP contribution in [0.2, 0.25) is 10.0 Å². The highest BCUT2D eigenvalue weighted by molar-refractivity contribution is 6.35. The zero-order valence-corrected chi connectivity index (χ0v) is 21.9. The lowest BCUT2D eigenvalue weighted by molar-refractivity contribution is -0.164. The van der Waals surface area contributed by atoms with Crippen LogP contribution in [-0.4, -0.2) is 61.4 Å². The SMILES string of the molecule is C[C@]1(c2ccc(Cl)cc2Cl)OC[C@@H](COc2ccc(N3CCN(NC(=O)c4ccncc4)CC3)cc2)O1. The number of rotatable bonds is 7. The molecule has 0 radical (unpaired) electrons. The molecule has 37 heavy (non-hydrogen) atoms. The molecule has 1 aromatic heterocycles. The highest BCUT2D eigenvalue weighted by Crippen LogP contribution is 2.38. The van der Waals surface area contributed by atoms with E-state index in [0.717, 1.165) is 43.2 Å². The number of carbonyl (C=O) groups excluding carboxylic acids is 1. The molecule has 0 spiro atoms. The first kappa shape index (κ1) is 25.8. The standard InChI is InChI=1S/C27H28Cl2N4O4/c1-27(24-7-2-20(28)16-25(24)29)36-18-23(37-27)17-35-22-5-3-21(4-6-22)32-12-14-33(15-13-32)31-26(34)19-8-10-30-11-9-19/h2-11,16,23H,12-15,17-18H2,1H3,(H,31,34)/t23-,27+/m1/s1. The summed E-state index contributed by atoms with van der Waals surface area (Å²) >= 11 is 12.4. The number of halogens is 2. The van der Waals surface area contributed by atoms with Crippen LogP contribution in [0.15, 0.2) is 67.0 Å². The van der Waals surface area contributed by atoms with Gasteiger partial charge in [-0.05, 0) is 55.5 Å². The Kier molecular flexibility index (Phi) is 7.83. The van der Waals surface area contributed by atoms with E-state index in [9.17, 15) is 4.79 Å². The Labute approximate surface area is 226 Å². The monoisotopic (exact) mass is 542 g/mol. The minimum absolute atomic E-state index is 0.120. The molecule has 0 bridgehead atoms. The molecule has 1 N–H and O–H groups in total. The fraction of sp³-hybridized carbons (Fsp3) is 0.333. The Morgan fingerprint density at radius 3 is 2.51 bits per heavy atom. The summed E-state index contributed by atoms with van der Waals surface area (Å²) in [5.41, 5.74) is 5.41. The van der Waals surface area contributed by atoms with Crippen LogP contribution in [0.4, 0.5) is 5.69 Å². The number of hydrogen-bond acceptors (Lipinski definition) is 7. The van der Waals surface area contributed by atoms with Gasteiger partial charge in [0.1, 0.15) is 18.5 Å². The first-order valence-electron chi connectivity index (χ1n) is 12.1. The van der Waals surface area contributed by atoms with Crippen LogP contribution in [0.5, 0.6) is 5.75 Å². The molecule has 8 nitrogen and oxygen atoms in total. The lowest BCUT2D eigenvalue weighted by Crippen LogP contribution is -2.53. The number of hydrogen-bond donors (Lipinski definition) is 1. The highest BCUT2D eigenvalue weighted by atomic mass is 35.5. The third-order valence-corrected chi connectivity index (χ3v) is 7.02. The van der Waals surface area contributed by atoms with Crippen molar-refractivity contribution in [1.82, 2.24) is 15.4 Å². The van der Waals surface area contributed by atoms with Crippen molar-refractivity contribution in [3.05, 3.63) is 88.2 Å². The Bertz CT molecular complexity index is 1220. The van der Waals surface area contributed by atoms with Crippen LogP contribution >= 0.6 is 23.2 Å². The number of anilines is 1. The summed E-state index contributed by atoms with van der Waals surface area (Å²) in [5.74, 6) is -0.307. The number of benzene rings is 2. The first-order valence-corrected chi connectivity index (χ1v) is 12.9. The number of nitrogens with one attached hydrogen (secondary N) is 1. The van der Waals surface area contributed by atoms with Gasteiger partial charge in [0.05, 0.1) is 11.6 Å². The van der Waals surface area contributed by atoms with Crippen molar-refractivity contribution in [3.8, 4) is 5.75 Å². The highest BCUT2D eigenvalue weighted by Gasteiger charge is 2.40. The van der Waals surface area contributed by atoms with E-state index in [1.807, 2.05) is 42.3 Å². The molecule has 0 saturated carbocycles. The topological polar surface area (TPSA) is 76.2 Å². The van der Waals surface area contributed by atoms with Gasteiger partial charge in [-0.3, -0.25) is 15.2 Å². The third kappa shape index (κ3) is 6.17. The van der Waals surface area contributed by atoms with Gasteiger partial charge in [0.25, 0.3) is 5.91 Å². The van der Waals surface area contributed by atoms with Crippen molar-refractivity contribution >= 4 is 34.8 Å². The van der Waals surface area contributed by atoms with Crippen LogP contribution in [0.3, 0.4) is 0 Å². The zero-order valence-electron chi connectivity index (χ0n) is 20.4. The van der Waals surface area contributed by atoms with Gasteiger partial charge in [-0.15, -0.1) is 0 Å². The van der Waals surface area contributed by atoms with Gasteiger partial charge in [0, 0.05) is 60.4 Å². The fourth-order valence-corrected chi connectivity index (χ4v) is 5.03. The van der Waals surface area contributed by atoms with E-state index in [2.05, 4.69) is 15.3 Å². The molecule has 2 aliphatic rings. The molecule has 3 heterocycles. The second kappa shape index (κ2) is 11.2. The number of ether oxygens (including phenoxy) is 3. The third-order valence-electron chi connectivity index (χ3n) is 6.48. The summed E-state index contributed by atoms with van der Waals surface area (Å²) in [5, 5.41) is 3.02. The van der Waals surface area contributed by atoms with Crippen LogP contribution in [0.25, 0.3) is 0 Å². The van der Waals surface area contributed by atoms with Gasteiger partial charge in [0.2, 0.25) is 0 Å². The molecular weight excluding hydrogens is 515 g/mol. The van der Waals surface area contributed by atoms with Crippen LogP contribution in [-0.2, 0) is 15.3 Å². The molecule has 2 atom stereocenters. The molecule has 0 aliphatic carbocycles. The number of hydrazine groups is 1. The van der Waals surface area contributed by atoms with E-state index in [-0.39, 0.29) is 12.0 Å². The summed E-state index contributed by atoms with van der Waals surface area (Å²) in [7, 11) is 0. The molecule has 2 saturated heterocycles. The van der Waals surface area contributed by atoms with Crippen molar-refractivity contribution in [3.63, 3.8) is 0 Å². The van der Waals surface area contributed by atoms with Crippen molar-refractivity contribution in [2.24, 2.45) is 0 Å². The average Bonchev–Trinajstić information content (AvgIpc) is 3.30. The summed E-state index contributed by atoms with van der Waals surface area (Å²) in [4.78, 5) is 18.6. The first-order chi connectivity index (χ1) is 17.9. The van der Waals surface area contributed by atoms with Crippen molar-refractivity contribution < 1.29 is 19.0 Å². The number of nitrogens with zero attached hydrogens (tertiary/aromatic N) is 3. The number of carbonyl (C=O) groups is 1.